The fraction of sp³-hybridized carbons (Fsp3) is 0.240. The Balaban J connectivity index is 1.96. The second-order valence-corrected chi connectivity index (χ2v) is 7.90. The first-order chi connectivity index (χ1) is 15.3. The zero-order valence-electron chi connectivity index (χ0n) is 19.3. The largest absolute Gasteiger partial charge is 0.495 e. The van der Waals surface area contributed by atoms with E-state index in [1.54, 1.807) is 14.2 Å². The van der Waals surface area contributed by atoms with E-state index in [4.69, 9.17) is 9.72 Å². The van der Waals surface area contributed by atoms with E-state index in [9.17, 15) is 4.79 Å². The quantitative estimate of drug-likeness (QED) is 0.466. The summed E-state index contributed by atoms with van der Waals surface area (Å²) in [6.07, 6.45) is 5.07. The highest BCUT2D eigenvalue weighted by Crippen LogP contribution is 2.40. The normalized spacial score (nSPS) is 11.1. The summed E-state index contributed by atoms with van der Waals surface area (Å²) in [5.41, 5.74) is 8.85. The van der Waals surface area contributed by atoms with Crippen LogP contribution in [-0.4, -0.2) is 39.8 Å². The van der Waals surface area contributed by atoms with Gasteiger partial charge in [0.25, 0.3) is 0 Å². The molecule has 0 saturated carbocycles. The molecule has 0 saturated heterocycles. The van der Waals surface area contributed by atoms with Crippen LogP contribution in [0.3, 0.4) is 0 Å². The number of benzene rings is 1. The summed E-state index contributed by atoms with van der Waals surface area (Å²) in [5, 5.41) is 5.45. The molecule has 3 aromatic heterocycles. The zero-order chi connectivity index (χ0) is 23.2. The second-order valence-electron chi connectivity index (χ2n) is 7.90. The molecule has 1 amide bonds. The molecule has 7 nitrogen and oxygen atoms in total. The molecule has 0 radical (unpaired) electrons. The smallest absolute Gasteiger partial charge is 0.250 e. The summed E-state index contributed by atoms with van der Waals surface area (Å²) in [7, 11) is 5.24. The number of pyridine rings is 1. The highest BCUT2D eigenvalue weighted by molar-refractivity contribution is 6.04. The van der Waals surface area contributed by atoms with E-state index in [1.165, 1.54) is 11.0 Å². The molecule has 0 unspecified atom stereocenters. The molecule has 0 aliphatic carbocycles. The molecule has 0 fully saturated rings. The molecule has 4 aromatic rings. The number of aromatic nitrogens is 4. The summed E-state index contributed by atoms with van der Waals surface area (Å²) in [4.78, 5) is 21.9. The van der Waals surface area contributed by atoms with Crippen molar-refractivity contribution in [2.75, 3.05) is 19.1 Å². The molecule has 3 heterocycles. The minimum absolute atomic E-state index is 0.205. The molecule has 32 heavy (non-hydrogen) atoms. The number of aryl methyl sites for hydroxylation is 3. The predicted molar refractivity (Wildman–Crippen MR) is 128 cm³/mol. The number of rotatable bonds is 5. The maximum absolute atomic E-state index is 12.3. The Kier molecular flexibility index (Phi) is 5.34. The number of H-pyrrole nitrogens is 1. The van der Waals surface area contributed by atoms with Crippen LogP contribution in [0.15, 0.2) is 43.2 Å². The lowest BCUT2D eigenvalue weighted by molar-refractivity contribution is -0.113. The summed E-state index contributed by atoms with van der Waals surface area (Å²) in [6.45, 7) is 9.80. The third kappa shape index (κ3) is 3.26. The molecule has 1 aromatic carbocycles. The average molecular weight is 430 g/mol. The van der Waals surface area contributed by atoms with E-state index in [1.807, 2.05) is 49.2 Å². The van der Waals surface area contributed by atoms with Gasteiger partial charge in [-0.15, -0.1) is 0 Å². The number of nitrogens with one attached hydrogen (secondary N) is 1. The van der Waals surface area contributed by atoms with Gasteiger partial charge in [-0.2, -0.15) is 5.10 Å². The van der Waals surface area contributed by atoms with Gasteiger partial charge < -0.3 is 14.6 Å². The Hall–Kier alpha value is -3.87. The summed E-state index contributed by atoms with van der Waals surface area (Å²) >= 11 is 0. The Labute approximate surface area is 187 Å². The SMILES string of the molecule is C=CC(=O)N(C)c1cc(-c2c(C)[nH]c3ncc(-c4cnn(C)c4C)c(C)c23)ccc1OC. The average Bonchev–Trinajstić information content (AvgIpc) is 3.31. The molecule has 0 bridgehead atoms. The van der Waals surface area contributed by atoms with Crippen molar-refractivity contribution in [3.05, 3.63) is 60.2 Å². The second kappa shape index (κ2) is 8.00. The minimum Gasteiger partial charge on any atom is -0.495 e. The molecule has 0 atom stereocenters. The van der Waals surface area contributed by atoms with Crippen LogP contribution >= 0.6 is 0 Å². The molecule has 0 aliphatic heterocycles. The van der Waals surface area contributed by atoms with E-state index in [-0.39, 0.29) is 5.91 Å². The summed E-state index contributed by atoms with van der Waals surface area (Å²) < 4.78 is 7.38. The van der Waals surface area contributed by atoms with Crippen molar-refractivity contribution in [3.8, 4) is 28.0 Å². The highest BCUT2D eigenvalue weighted by atomic mass is 16.5. The first-order valence-corrected chi connectivity index (χ1v) is 10.3. The van der Waals surface area contributed by atoms with Crippen LogP contribution < -0.4 is 9.64 Å². The Morgan fingerprint density at radius 3 is 2.59 bits per heavy atom. The first kappa shape index (κ1) is 21.4. The first-order valence-electron chi connectivity index (χ1n) is 10.3. The van der Waals surface area contributed by atoms with Crippen molar-refractivity contribution < 1.29 is 9.53 Å². The molecule has 4 rings (SSSR count). The fourth-order valence-electron chi connectivity index (χ4n) is 4.19. The highest BCUT2D eigenvalue weighted by Gasteiger charge is 2.21. The van der Waals surface area contributed by atoms with Gasteiger partial charge in [0.15, 0.2) is 0 Å². The minimum atomic E-state index is -0.205. The molecular formula is C25H27N5O2. The number of hydrogen-bond donors (Lipinski definition) is 1. The number of carbonyl (C=O) groups is 1. The summed E-state index contributed by atoms with van der Waals surface area (Å²) in [6, 6.07) is 5.86. The number of hydrogen-bond acceptors (Lipinski definition) is 4. The van der Waals surface area contributed by atoms with Gasteiger partial charge in [-0.1, -0.05) is 12.6 Å². The monoisotopic (exact) mass is 429 g/mol. The van der Waals surface area contributed by atoms with Crippen LogP contribution in [0.2, 0.25) is 0 Å². The van der Waals surface area contributed by atoms with Crippen molar-refractivity contribution in [1.82, 2.24) is 19.7 Å². The third-order valence-electron chi connectivity index (χ3n) is 6.13. The Morgan fingerprint density at radius 1 is 1.22 bits per heavy atom. The number of aromatic amines is 1. The number of nitrogens with zero attached hydrogens (tertiary/aromatic N) is 4. The lowest BCUT2D eigenvalue weighted by Crippen LogP contribution is -2.24. The van der Waals surface area contributed by atoms with Crippen molar-refractivity contribution in [2.45, 2.75) is 20.8 Å². The van der Waals surface area contributed by atoms with Crippen molar-refractivity contribution in [1.29, 1.82) is 0 Å². The van der Waals surface area contributed by atoms with Crippen LogP contribution in [-0.2, 0) is 11.8 Å². The number of ether oxygens (including phenoxy) is 1. The maximum atomic E-state index is 12.3. The van der Waals surface area contributed by atoms with E-state index >= 15 is 0 Å². The van der Waals surface area contributed by atoms with Gasteiger partial charge in [-0.05, 0) is 50.1 Å². The topological polar surface area (TPSA) is 76.0 Å². The van der Waals surface area contributed by atoms with Gasteiger partial charge in [0.1, 0.15) is 11.4 Å². The van der Waals surface area contributed by atoms with Gasteiger partial charge in [-0.25, -0.2) is 4.98 Å². The van der Waals surface area contributed by atoms with E-state index in [2.05, 4.69) is 30.5 Å². The maximum Gasteiger partial charge on any atom is 0.250 e. The van der Waals surface area contributed by atoms with Crippen LogP contribution in [0, 0.1) is 20.8 Å². The number of amides is 1. The molecule has 1 N–H and O–H groups in total. The number of likely N-dealkylation sites (N-methyl/N-ethyl adjacent to an activating group) is 1. The van der Waals surface area contributed by atoms with Gasteiger partial charge in [-0.3, -0.25) is 9.48 Å². The van der Waals surface area contributed by atoms with E-state index in [0.29, 0.717) is 11.4 Å². The molecule has 0 spiro atoms. The lowest BCUT2D eigenvalue weighted by Gasteiger charge is -2.20. The number of fused-ring (bicyclic) bond motifs is 1. The number of carbonyl (C=O) groups excluding carboxylic acids is 1. The van der Waals surface area contributed by atoms with E-state index in [0.717, 1.165) is 50.2 Å². The van der Waals surface area contributed by atoms with Gasteiger partial charge >= 0.3 is 0 Å². The molecule has 0 aliphatic rings. The van der Waals surface area contributed by atoms with Crippen molar-refractivity contribution in [2.24, 2.45) is 7.05 Å². The third-order valence-corrected chi connectivity index (χ3v) is 6.13. The zero-order valence-corrected chi connectivity index (χ0v) is 19.3. The molecular weight excluding hydrogens is 402 g/mol. The number of methoxy groups -OCH3 is 1. The van der Waals surface area contributed by atoms with Crippen LogP contribution in [0.5, 0.6) is 5.75 Å². The molecule has 164 valence electrons. The van der Waals surface area contributed by atoms with Gasteiger partial charge in [0.05, 0.1) is 19.0 Å². The Bertz CT molecular complexity index is 1360. The number of anilines is 1. The fourth-order valence-corrected chi connectivity index (χ4v) is 4.19. The van der Waals surface area contributed by atoms with E-state index < -0.39 is 0 Å². The predicted octanol–water partition coefficient (Wildman–Crippen LogP) is 4.71. The summed E-state index contributed by atoms with van der Waals surface area (Å²) in [5.74, 6) is 0.411. The van der Waals surface area contributed by atoms with Gasteiger partial charge in [0.2, 0.25) is 5.91 Å². The van der Waals surface area contributed by atoms with Crippen molar-refractivity contribution in [3.63, 3.8) is 0 Å². The van der Waals surface area contributed by atoms with Crippen molar-refractivity contribution >= 4 is 22.6 Å². The van der Waals surface area contributed by atoms with Crippen LogP contribution in [0.25, 0.3) is 33.3 Å². The van der Waals surface area contributed by atoms with Crippen LogP contribution in [0.4, 0.5) is 5.69 Å². The lowest BCUT2D eigenvalue weighted by atomic mass is 9.95. The van der Waals surface area contributed by atoms with Crippen LogP contribution in [0.1, 0.15) is 17.0 Å². The van der Waals surface area contributed by atoms with Gasteiger partial charge in [0, 0.05) is 53.8 Å². The molecule has 7 heteroatoms. The standard InChI is InChI=1S/C25H27N5O2/c1-8-22(31)29(5)20-11-17(9-10-21(20)32-7)24-15(3)28-25-23(24)14(2)18(12-26-25)19-13-27-30(6)16(19)4/h8-13H,1H2,2-7H3,(H,26,28). The Morgan fingerprint density at radius 2 is 1.97 bits per heavy atom.